The van der Waals surface area contributed by atoms with Crippen LogP contribution in [0, 0.1) is 11.6 Å². The zero-order valence-electron chi connectivity index (χ0n) is 17.6. The predicted octanol–water partition coefficient (Wildman–Crippen LogP) is 3.90. The van der Waals surface area contributed by atoms with Crippen LogP contribution in [-0.4, -0.2) is 32.1 Å². The Kier molecular flexibility index (Phi) is 8.36. The molecule has 0 saturated heterocycles. The lowest BCUT2D eigenvalue weighted by atomic mass is 10.1. The number of hydrogen-bond donors (Lipinski definition) is 3. The molecule has 0 unspecified atom stereocenters. The minimum Gasteiger partial charge on any atom is -0.370 e. The van der Waals surface area contributed by atoms with Crippen molar-refractivity contribution in [2.24, 2.45) is 0 Å². The average Bonchev–Trinajstić information content (AvgIpc) is 2.70. The standard InChI is InChI=1S/C20H21F5N4O3S/c1-3-8-26-19-12(4-6-17(28-19)20(23,24)25)5-7-18(30)27-11-13-9-15(22)16(10-14(13)21)29-33(2,31)32/h4-7,9-10,29H,3,8,11H2,1-2H3,(H,26,28)(H,27,30)/b7-5-. The molecule has 7 nitrogen and oxygen atoms in total. The first kappa shape index (κ1) is 26.0. The number of alkyl halides is 3. The number of hydrogen-bond acceptors (Lipinski definition) is 5. The summed E-state index contributed by atoms with van der Waals surface area (Å²) in [7, 11) is -3.82. The maximum absolute atomic E-state index is 14.1. The SMILES string of the molecule is CCCNc1nc(C(F)(F)F)ccc1/C=C\C(=O)NCc1cc(F)c(NS(C)(=O)=O)cc1F. The number of rotatable bonds is 9. The normalized spacial score (nSPS) is 12.1. The molecule has 1 aromatic heterocycles. The lowest BCUT2D eigenvalue weighted by Crippen LogP contribution is -2.21. The van der Waals surface area contributed by atoms with Gasteiger partial charge in [-0.25, -0.2) is 22.2 Å². The molecule has 180 valence electrons. The van der Waals surface area contributed by atoms with Crippen LogP contribution in [0.3, 0.4) is 0 Å². The fraction of sp³-hybridized carbons (Fsp3) is 0.300. The summed E-state index contributed by atoms with van der Waals surface area (Å²) in [5, 5.41) is 5.07. The molecule has 2 aromatic rings. The van der Waals surface area contributed by atoms with E-state index in [1.807, 2.05) is 11.6 Å². The topological polar surface area (TPSA) is 100 Å². The van der Waals surface area contributed by atoms with Crippen molar-refractivity contribution in [3.63, 3.8) is 0 Å². The quantitative estimate of drug-likeness (QED) is 0.364. The second-order valence-corrected chi connectivity index (χ2v) is 8.66. The molecule has 0 spiro atoms. The number of nitrogens with zero attached hydrogens (tertiary/aromatic N) is 1. The van der Waals surface area contributed by atoms with Gasteiger partial charge in [0.25, 0.3) is 0 Å². The summed E-state index contributed by atoms with van der Waals surface area (Å²) in [6.07, 6.45) is -0.984. The number of pyridine rings is 1. The van der Waals surface area contributed by atoms with E-state index < -0.39 is 51.7 Å². The highest BCUT2D eigenvalue weighted by Crippen LogP contribution is 2.30. The highest BCUT2D eigenvalue weighted by atomic mass is 32.2. The molecule has 0 aliphatic rings. The van der Waals surface area contributed by atoms with Gasteiger partial charge in [0.05, 0.1) is 11.9 Å². The van der Waals surface area contributed by atoms with Gasteiger partial charge in [0.1, 0.15) is 23.1 Å². The second-order valence-electron chi connectivity index (χ2n) is 6.91. The van der Waals surface area contributed by atoms with Gasteiger partial charge in [-0.3, -0.25) is 9.52 Å². The molecule has 0 radical (unpaired) electrons. The highest BCUT2D eigenvalue weighted by Gasteiger charge is 2.32. The number of halogens is 5. The van der Waals surface area contributed by atoms with Gasteiger partial charge in [-0.2, -0.15) is 13.2 Å². The van der Waals surface area contributed by atoms with Crippen molar-refractivity contribution in [1.29, 1.82) is 0 Å². The number of carbonyl (C=O) groups is 1. The number of amides is 1. The van der Waals surface area contributed by atoms with E-state index in [2.05, 4.69) is 15.6 Å². The van der Waals surface area contributed by atoms with Crippen LogP contribution in [0.5, 0.6) is 0 Å². The van der Waals surface area contributed by atoms with Gasteiger partial charge in [-0.05, 0) is 30.7 Å². The van der Waals surface area contributed by atoms with Crippen LogP contribution in [0.1, 0.15) is 30.2 Å². The molecule has 0 saturated carbocycles. The van der Waals surface area contributed by atoms with Crippen LogP contribution in [0.15, 0.2) is 30.3 Å². The molecule has 0 atom stereocenters. The lowest BCUT2D eigenvalue weighted by Gasteiger charge is -2.12. The minimum atomic E-state index is -4.63. The zero-order valence-corrected chi connectivity index (χ0v) is 18.4. The molecule has 33 heavy (non-hydrogen) atoms. The molecule has 0 fully saturated rings. The Morgan fingerprint density at radius 3 is 2.45 bits per heavy atom. The van der Waals surface area contributed by atoms with Crippen LogP contribution in [0.25, 0.3) is 6.08 Å². The molecule has 0 aliphatic heterocycles. The van der Waals surface area contributed by atoms with Gasteiger partial charge < -0.3 is 10.6 Å². The summed E-state index contributed by atoms with van der Waals surface area (Å²) >= 11 is 0. The Balaban J connectivity index is 2.12. The van der Waals surface area contributed by atoms with Crippen LogP contribution < -0.4 is 15.4 Å². The Hall–Kier alpha value is -3.22. The van der Waals surface area contributed by atoms with E-state index in [0.717, 1.165) is 30.5 Å². The summed E-state index contributed by atoms with van der Waals surface area (Å²) in [6.45, 7) is 1.75. The lowest BCUT2D eigenvalue weighted by molar-refractivity contribution is -0.141. The summed E-state index contributed by atoms with van der Waals surface area (Å²) in [6, 6.07) is 3.31. The minimum absolute atomic E-state index is 0.0576. The third kappa shape index (κ3) is 8.00. The van der Waals surface area contributed by atoms with Crippen molar-refractivity contribution in [3.05, 3.63) is 58.8 Å². The zero-order chi connectivity index (χ0) is 24.8. The van der Waals surface area contributed by atoms with E-state index in [4.69, 9.17) is 0 Å². The Morgan fingerprint density at radius 2 is 1.85 bits per heavy atom. The van der Waals surface area contributed by atoms with E-state index in [-0.39, 0.29) is 16.9 Å². The number of benzene rings is 1. The maximum Gasteiger partial charge on any atom is 0.433 e. The number of aromatic nitrogens is 1. The molecule has 1 heterocycles. The maximum atomic E-state index is 14.1. The first-order valence-electron chi connectivity index (χ1n) is 9.54. The molecule has 0 bridgehead atoms. The smallest absolute Gasteiger partial charge is 0.370 e. The van der Waals surface area contributed by atoms with Crippen molar-refractivity contribution >= 4 is 33.5 Å². The van der Waals surface area contributed by atoms with E-state index >= 15 is 0 Å². The Morgan fingerprint density at radius 1 is 1.15 bits per heavy atom. The fourth-order valence-corrected chi connectivity index (χ4v) is 3.11. The largest absolute Gasteiger partial charge is 0.433 e. The Bertz CT molecular complexity index is 1150. The van der Waals surface area contributed by atoms with Crippen LogP contribution >= 0.6 is 0 Å². The van der Waals surface area contributed by atoms with Gasteiger partial charge in [-0.15, -0.1) is 0 Å². The molecule has 2 rings (SSSR count). The monoisotopic (exact) mass is 492 g/mol. The van der Waals surface area contributed by atoms with Crippen molar-refractivity contribution in [1.82, 2.24) is 10.3 Å². The molecule has 3 N–H and O–H groups in total. The predicted molar refractivity (Wildman–Crippen MR) is 114 cm³/mol. The highest BCUT2D eigenvalue weighted by molar-refractivity contribution is 7.92. The molecule has 1 aromatic carbocycles. The first-order chi connectivity index (χ1) is 15.3. The first-order valence-corrected chi connectivity index (χ1v) is 11.4. The van der Waals surface area contributed by atoms with Crippen molar-refractivity contribution in [2.75, 3.05) is 22.8 Å². The molecule has 0 aliphatic carbocycles. The molecule has 13 heteroatoms. The van der Waals surface area contributed by atoms with Crippen LogP contribution in [0.2, 0.25) is 0 Å². The fourth-order valence-electron chi connectivity index (χ4n) is 2.56. The third-order valence-electron chi connectivity index (χ3n) is 4.06. The summed E-state index contributed by atoms with van der Waals surface area (Å²) in [5.41, 5.74) is -1.68. The van der Waals surface area contributed by atoms with E-state index in [9.17, 15) is 35.2 Å². The number of carbonyl (C=O) groups excluding carboxylic acids is 1. The Labute approximate surface area is 187 Å². The van der Waals surface area contributed by atoms with E-state index in [1.165, 1.54) is 6.08 Å². The number of anilines is 2. The van der Waals surface area contributed by atoms with Crippen molar-refractivity contribution < 1.29 is 35.2 Å². The van der Waals surface area contributed by atoms with E-state index in [1.54, 1.807) is 0 Å². The van der Waals surface area contributed by atoms with Crippen molar-refractivity contribution in [2.45, 2.75) is 26.1 Å². The van der Waals surface area contributed by atoms with Gasteiger partial charge in [0.15, 0.2) is 0 Å². The van der Waals surface area contributed by atoms with Crippen molar-refractivity contribution in [3.8, 4) is 0 Å². The number of nitrogens with one attached hydrogen (secondary N) is 3. The van der Waals surface area contributed by atoms with Gasteiger partial charge in [0.2, 0.25) is 15.9 Å². The average molecular weight is 492 g/mol. The van der Waals surface area contributed by atoms with Crippen LogP contribution in [0.4, 0.5) is 33.5 Å². The number of sulfonamides is 1. The van der Waals surface area contributed by atoms with Gasteiger partial charge in [0, 0.05) is 36.4 Å². The van der Waals surface area contributed by atoms with E-state index in [0.29, 0.717) is 19.0 Å². The second kappa shape index (κ2) is 10.6. The molecule has 1 amide bonds. The summed E-state index contributed by atoms with van der Waals surface area (Å²) < 4.78 is 91.0. The summed E-state index contributed by atoms with van der Waals surface area (Å²) in [5.74, 6) is -2.78. The molecular weight excluding hydrogens is 471 g/mol. The summed E-state index contributed by atoms with van der Waals surface area (Å²) in [4.78, 5) is 15.6. The third-order valence-corrected chi connectivity index (χ3v) is 4.65. The van der Waals surface area contributed by atoms with Crippen LogP contribution in [-0.2, 0) is 27.5 Å². The molecular formula is C20H21F5N4O3S. The van der Waals surface area contributed by atoms with Gasteiger partial charge in [-0.1, -0.05) is 6.92 Å². The van der Waals surface area contributed by atoms with Gasteiger partial charge >= 0.3 is 6.18 Å².